The highest BCUT2D eigenvalue weighted by molar-refractivity contribution is 5.63. The summed E-state index contributed by atoms with van der Waals surface area (Å²) in [4.78, 5) is 4.26. The van der Waals surface area contributed by atoms with Crippen LogP contribution in [0, 0.1) is 18.3 Å². The number of hydrogen-bond donors (Lipinski definition) is 0. The zero-order chi connectivity index (χ0) is 20.8. The van der Waals surface area contributed by atoms with Gasteiger partial charge in [-0.2, -0.15) is 5.26 Å². The molecule has 0 aliphatic rings. The Kier molecular flexibility index (Phi) is 5.91. The molecule has 0 amide bonds. The van der Waals surface area contributed by atoms with Crippen molar-refractivity contribution in [2.24, 2.45) is 0 Å². The minimum absolute atomic E-state index is 0.521. The smallest absolute Gasteiger partial charge is 0.137 e. The molecule has 4 rings (SSSR count). The number of ether oxygens (including phenoxy) is 1. The number of aryl methyl sites for hydroxylation is 1. The van der Waals surface area contributed by atoms with Crippen molar-refractivity contribution in [3.05, 3.63) is 108 Å². The molecule has 0 saturated heterocycles. The van der Waals surface area contributed by atoms with Crippen LogP contribution in [0.15, 0.2) is 85.2 Å². The highest BCUT2D eigenvalue weighted by Gasteiger charge is 2.07. The molecular formula is C26H23N3O. The van der Waals surface area contributed by atoms with Crippen LogP contribution >= 0.6 is 0 Å². The molecule has 4 nitrogen and oxygen atoms in total. The fourth-order valence-corrected chi connectivity index (χ4v) is 3.42. The summed E-state index contributed by atoms with van der Waals surface area (Å²) in [6, 6.07) is 26.9. The zero-order valence-corrected chi connectivity index (χ0v) is 17.0. The van der Waals surface area contributed by atoms with E-state index in [0.717, 1.165) is 17.8 Å². The molecule has 0 atom stereocenters. The lowest BCUT2D eigenvalue weighted by atomic mass is 10.0. The van der Waals surface area contributed by atoms with E-state index in [4.69, 9.17) is 4.74 Å². The highest BCUT2D eigenvalue weighted by Crippen LogP contribution is 2.22. The Bertz CT molecular complexity index is 1160. The van der Waals surface area contributed by atoms with Crippen molar-refractivity contribution in [2.45, 2.75) is 19.9 Å². The molecule has 0 aliphatic heterocycles. The number of nitrogens with zero attached hydrogens (tertiary/aromatic N) is 3. The van der Waals surface area contributed by atoms with E-state index >= 15 is 0 Å². The van der Waals surface area contributed by atoms with Gasteiger partial charge < -0.3 is 9.30 Å². The third-order valence-electron chi connectivity index (χ3n) is 5.15. The van der Waals surface area contributed by atoms with Gasteiger partial charge >= 0.3 is 0 Å². The third kappa shape index (κ3) is 4.59. The van der Waals surface area contributed by atoms with Crippen molar-refractivity contribution in [2.75, 3.05) is 6.61 Å². The van der Waals surface area contributed by atoms with Crippen LogP contribution in [0.25, 0.3) is 11.1 Å². The molecule has 0 saturated carbocycles. The van der Waals surface area contributed by atoms with Gasteiger partial charge in [0.15, 0.2) is 0 Å². The Hall–Kier alpha value is -3.84. The van der Waals surface area contributed by atoms with E-state index in [1.165, 1.54) is 16.7 Å². The summed E-state index contributed by atoms with van der Waals surface area (Å²) in [6.45, 7) is 3.20. The number of hydrogen-bond acceptors (Lipinski definition) is 3. The Balaban J connectivity index is 1.40. The van der Waals surface area contributed by atoms with Crippen molar-refractivity contribution in [1.29, 1.82) is 5.26 Å². The van der Waals surface area contributed by atoms with Crippen molar-refractivity contribution in [1.82, 2.24) is 9.55 Å². The normalized spacial score (nSPS) is 10.5. The number of nitriles is 1. The largest absolute Gasteiger partial charge is 0.492 e. The molecule has 1 heterocycles. The molecule has 148 valence electrons. The van der Waals surface area contributed by atoms with Gasteiger partial charge in [-0.15, -0.1) is 0 Å². The first-order valence-corrected chi connectivity index (χ1v) is 10.0. The van der Waals surface area contributed by atoms with Crippen LogP contribution in [0.4, 0.5) is 0 Å². The maximum absolute atomic E-state index is 9.42. The van der Waals surface area contributed by atoms with E-state index in [1.54, 1.807) is 6.20 Å². The van der Waals surface area contributed by atoms with Gasteiger partial charge in [0.05, 0.1) is 12.2 Å². The van der Waals surface area contributed by atoms with Crippen LogP contribution < -0.4 is 4.74 Å². The molecule has 0 N–H and O–H groups in total. The zero-order valence-electron chi connectivity index (χ0n) is 17.0. The Morgan fingerprint density at radius 3 is 2.37 bits per heavy atom. The van der Waals surface area contributed by atoms with Gasteiger partial charge in [0, 0.05) is 25.4 Å². The Morgan fingerprint density at radius 1 is 0.933 bits per heavy atom. The molecule has 4 aromatic rings. The summed E-state index contributed by atoms with van der Waals surface area (Å²) in [5.41, 5.74) is 5.26. The quantitative estimate of drug-likeness (QED) is 0.422. The van der Waals surface area contributed by atoms with Crippen LogP contribution in [-0.4, -0.2) is 16.2 Å². The van der Waals surface area contributed by atoms with Gasteiger partial charge in [0.25, 0.3) is 0 Å². The predicted molar refractivity (Wildman–Crippen MR) is 118 cm³/mol. The highest BCUT2D eigenvalue weighted by atomic mass is 16.5. The molecular weight excluding hydrogens is 370 g/mol. The summed E-state index contributed by atoms with van der Waals surface area (Å²) in [7, 11) is 0. The van der Waals surface area contributed by atoms with Crippen molar-refractivity contribution in [3.8, 4) is 22.9 Å². The molecule has 4 heteroatoms. The topological polar surface area (TPSA) is 50.8 Å². The maximum atomic E-state index is 9.42. The number of benzene rings is 3. The summed E-state index contributed by atoms with van der Waals surface area (Å²) in [5, 5.41) is 9.42. The molecule has 0 spiro atoms. The van der Waals surface area contributed by atoms with Gasteiger partial charge in [-0.3, -0.25) is 0 Å². The van der Waals surface area contributed by atoms with Crippen LogP contribution in [0.2, 0.25) is 0 Å². The van der Waals surface area contributed by atoms with E-state index < -0.39 is 0 Å². The van der Waals surface area contributed by atoms with Gasteiger partial charge in [-0.05, 0) is 41.3 Å². The van der Waals surface area contributed by atoms with Crippen molar-refractivity contribution in [3.63, 3.8) is 0 Å². The molecule has 0 aliphatic carbocycles. The molecule has 3 aromatic carbocycles. The number of rotatable bonds is 7. The van der Waals surface area contributed by atoms with E-state index in [1.807, 2.05) is 49.5 Å². The lowest BCUT2D eigenvalue weighted by Gasteiger charge is -2.11. The first-order valence-electron chi connectivity index (χ1n) is 10.0. The summed E-state index contributed by atoms with van der Waals surface area (Å²) < 4.78 is 8.06. The van der Waals surface area contributed by atoms with Gasteiger partial charge in [0.2, 0.25) is 0 Å². The van der Waals surface area contributed by atoms with Gasteiger partial charge in [-0.1, -0.05) is 60.7 Å². The van der Waals surface area contributed by atoms with Crippen LogP contribution in [-0.2, 0) is 13.0 Å². The molecule has 0 bridgehead atoms. The third-order valence-corrected chi connectivity index (χ3v) is 5.15. The van der Waals surface area contributed by atoms with Crippen LogP contribution in [0.1, 0.15) is 22.5 Å². The van der Waals surface area contributed by atoms with Crippen molar-refractivity contribution < 1.29 is 4.74 Å². The monoisotopic (exact) mass is 393 g/mol. The predicted octanol–water partition coefficient (Wildman–Crippen LogP) is 5.40. The van der Waals surface area contributed by atoms with Gasteiger partial charge in [-0.25, -0.2) is 4.98 Å². The van der Waals surface area contributed by atoms with E-state index in [-0.39, 0.29) is 0 Å². The lowest BCUT2D eigenvalue weighted by Crippen LogP contribution is -2.05. The average molecular weight is 393 g/mol. The second kappa shape index (κ2) is 9.11. The molecule has 0 fully saturated rings. The van der Waals surface area contributed by atoms with E-state index in [0.29, 0.717) is 24.5 Å². The SMILES string of the molecule is Cc1nccn1Cc1ccc(C#N)c(OCCc2ccc(-c3ccccc3)cc2)c1. The van der Waals surface area contributed by atoms with Crippen LogP contribution in [0.3, 0.4) is 0 Å². The fourth-order valence-electron chi connectivity index (χ4n) is 3.42. The lowest BCUT2D eigenvalue weighted by molar-refractivity contribution is 0.320. The first-order chi connectivity index (χ1) is 14.7. The molecule has 0 radical (unpaired) electrons. The summed E-state index contributed by atoms with van der Waals surface area (Å²) in [5.74, 6) is 1.59. The summed E-state index contributed by atoms with van der Waals surface area (Å²) >= 11 is 0. The second-order valence-electron chi connectivity index (χ2n) is 7.21. The molecule has 30 heavy (non-hydrogen) atoms. The first kappa shape index (κ1) is 19.5. The minimum atomic E-state index is 0.521. The molecule has 0 unspecified atom stereocenters. The van der Waals surface area contributed by atoms with Crippen molar-refractivity contribution >= 4 is 0 Å². The second-order valence-corrected chi connectivity index (χ2v) is 7.21. The summed E-state index contributed by atoms with van der Waals surface area (Å²) in [6.07, 6.45) is 4.53. The number of imidazole rings is 1. The Morgan fingerprint density at radius 2 is 1.67 bits per heavy atom. The average Bonchev–Trinajstić information content (AvgIpc) is 3.19. The van der Waals surface area contributed by atoms with E-state index in [9.17, 15) is 5.26 Å². The fraction of sp³-hybridized carbons (Fsp3) is 0.154. The minimum Gasteiger partial charge on any atom is -0.492 e. The maximum Gasteiger partial charge on any atom is 0.137 e. The molecule has 1 aromatic heterocycles. The van der Waals surface area contributed by atoms with Gasteiger partial charge in [0.1, 0.15) is 17.6 Å². The van der Waals surface area contributed by atoms with Crippen LogP contribution in [0.5, 0.6) is 5.75 Å². The van der Waals surface area contributed by atoms with E-state index in [2.05, 4.69) is 52.0 Å². The Labute approximate surface area is 177 Å². The number of aromatic nitrogens is 2. The standard InChI is InChI=1S/C26H23N3O/c1-20-28-14-15-29(20)19-22-9-12-25(18-27)26(17-22)30-16-13-21-7-10-24(11-8-21)23-5-3-2-4-6-23/h2-12,14-15,17H,13,16,19H2,1H3.